The Morgan fingerprint density at radius 1 is 1.26 bits per heavy atom. The van der Waals surface area contributed by atoms with E-state index in [1.807, 2.05) is 0 Å². The Morgan fingerprint density at radius 2 is 1.91 bits per heavy atom. The number of nitrogens with zero attached hydrogens (tertiary/aromatic N) is 2. The fraction of sp³-hybridized carbons (Fsp3) is 0.600. The summed E-state index contributed by atoms with van der Waals surface area (Å²) in [5.74, 6) is 0.572. The lowest BCUT2D eigenvalue weighted by Gasteiger charge is -2.43. The van der Waals surface area contributed by atoms with Crippen molar-refractivity contribution in [1.29, 1.82) is 0 Å². The number of non-ortho nitro benzene ring substituents is 1. The van der Waals surface area contributed by atoms with Crippen LogP contribution in [0.25, 0.3) is 0 Å². The van der Waals surface area contributed by atoms with Crippen molar-refractivity contribution in [1.82, 2.24) is 10.2 Å². The molecule has 0 unspecified atom stereocenters. The number of hydrogen-bond acceptors (Lipinski definition) is 4. The highest BCUT2D eigenvalue weighted by molar-refractivity contribution is 6.31. The number of halogens is 3. The van der Waals surface area contributed by atoms with Crippen LogP contribution in [0.3, 0.4) is 0 Å². The van der Waals surface area contributed by atoms with Crippen molar-refractivity contribution < 1.29 is 4.92 Å². The van der Waals surface area contributed by atoms with E-state index in [-0.39, 0.29) is 41.5 Å². The van der Waals surface area contributed by atoms with Gasteiger partial charge in [-0.25, -0.2) is 0 Å². The number of nitro groups is 1. The van der Waals surface area contributed by atoms with E-state index in [4.69, 9.17) is 11.6 Å². The molecular formula is C15H22Cl3N3O2. The van der Waals surface area contributed by atoms with Crippen LogP contribution in [0.15, 0.2) is 18.2 Å². The van der Waals surface area contributed by atoms with E-state index >= 15 is 0 Å². The first-order valence-electron chi connectivity index (χ1n) is 7.55. The summed E-state index contributed by atoms with van der Waals surface area (Å²) in [4.78, 5) is 13.2. The molecular weight excluding hydrogens is 361 g/mol. The third-order valence-corrected chi connectivity index (χ3v) is 4.99. The Balaban J connectivity index is 0.00000132. The van der Waals surface area contributed by atoms with Crippen LogP contribution in [0.4, 0.5) is 5.69 Å². The van der Waals surface area contributed by atoms with Gasteiger partial charge in [0.15, 0.2) is 0 Å². The highest BCUT2D eigenvalue weighted by Gasteiger charge is 2.35. The van der Waals surface area contributed by atoms with Crippen LogP contribution in [0.1, 0.15) is 30.9 Å². The minimum atomic E-state index is -0.338. The van der Waals surface area contributed by atoms with Gasteiger partial charge >= 0.3 is 0 Å². The molecule has 1 heterocycles. The van der Waals surface area contributed by atoms with E-state index in [9.17, 15) is 10.1 Å². The normalized spacial score (nSPS) is 19.9. The fourth-order valence-corrected chi connectivity index (χ4v) is 3.57. The molecule has 1 saturated carbocycles. The highest BCUT2D eigenvalue weighted by Crippen LogP contribution is 2.44. The number of rotatable bonds is 4. The van der Waals surface area contributed by atoms with E-state index in [0.29, 0.717) is 10.9 Å². The summed E-state index contributed by atoms with van der Waals surface area (Å²) in [5.41, 5.74) is 1.06. The van der Waals surface area contributed by atoms with Crippen LogP contribution in [0, 0.1) is 16.0 Å². The molecule has 0 aromatic heterocycles. The number of nitrogens with one attached hydrogen (secondary N) is 1. The second-order valence-electron chi connectivity index (χ2n) is 5.88. The molecule has 1 aliphatic carbocycles. The summed E-state index contributed by atoms with van der Waals surface area (Å²) in [6, 6.07) is 5.05. The zero-order chi connectivity index (χ0) is 14.8. The zero-order valence-corrected chi connectivity index (χ0v) is 15.1. The van der Waals surface area contributed by atoms with Crippen molar-refractivity contribution >= 4 is 42.1 Å². The van der Waals surface area contributed by atoms with Crippen molar-refractivity contribution in [3.05, 3.63) is 38.9 Å². The second-order valence-corrected chi connectivity index (χ2v) is 6.29. The quantitative estimate of drug-likeness (QED) is 0.635. The Kier molecular flexibility index (Phi) is 8.04. The first-order valence-corrected chi connectivity index (χ1v) is 7.93. The van der Waals surface area contributed by atoms with Crippen molar-refractivity contribution in [2.24, 2.45) is 5.92 Å². The van der Waals surface area contributed by atoms with Crippen molar-refractivity contribution in [3.63, 3.8) is 0 Å². The standard InChI is InChI=1S/C15H20ClN3O2.2ClH/c16-14-5-4-12(19(20)21)10-13(14)15(11-2-1-3-11)18-8-6-17-7-9-18;;/h4-5,10-11,15,17H,1-3,6-9H2;2*1H/t15-;;/m0../s1. The Bertz CT molecular complexity index is 535. The monoisotopic (exact) mass is 381 g/mol. The van der Waals surface area contributed by atoms with Gasteiger partial charge in [-0.15, -0.1) is 24.8 Å². The molecule has 8 heteroatoms. The SMILES string of the molecule is Cl.Cl.O=[N+]([O-])c1ccc(Cl)c([C@H](C2CCC2)N2CCNCC2)c1. The fourth-order valence-electron chi connectivity index (χ4n) is 3.34. The Hall–Kier alpha value is -0.590. The van der Waals surface area contributed by atoms with Crippen LogP contribution < -0.4 is 5.32 Å². The summed E-state index contributed by atoms with van der Waals surface area (Å²) in [6.45, 7) is 3.88. The highest BCUT2D eigenvalue weighted by atomic mass is 35.5. The predicted molar refractivity (Wildman–Crippen MR) is 97.1 cm³/mol. The minimum absolute atomic E-state index is 0. The Morgan fingerprint density at radius 3 is 2.43 bits per heavy atom. The van der Waals surface area contributed by atoms with E-state index in [1.54, 1.807) is 12.1 Å². The third-order valence-electron chi connectivity index (χ3n) is 4.65. The lowest BCUT2D eigenvalue weighted by molar-refractivity contribution is -0.385. The van der Waals surface area contributed by atoms with E-state index in [0.717, 1.165) is 31.7 Å². The summed E-state index contributed by atoms with van der Waals surface area (Å²) in [7, 11) is 0. The summed E-state index contributed by atoms with van der Waals surface area (Å²) in [5, 5.41) is 15.1. The molecule has 1 aromatic rings. The largest absolute Gasteiger partial charge is 0.314 e. The zero-order valence-electron chi connectivity index (χ0n) is 12.7. The van der Waals surface area contributed by atoms with Gasteiger partial charge in [0.25, 0.3) is 5.69 Å². The average Bonchev–Trinajstić information content (AvgIpc) is 2.44. The van der Waals surface area contributed by atoms with Crippen LogP contribution >= 0.6 is 36.4 Å². The molecule has 1 atom stereocenters. The smallest absolute Gasteiger partial charge is 0.269 e. The molecule has 1 aromatic carbocycles. The van der Waals surface area contributed by atoms with Gasteiger partial charge in [-0.2, -0.15) is 0 Å². The maximum atomic E-state index is 11.1. The number of nitro benzene ring substituents is 1. The van der Waals surface area contributed by atoms with Crippen molar-refractivity contribution in [2.75, 3.05) is 26.2 Å². The Labute approximate surface area is 153 Å². The molecule has 0 bridgehead atoms. The van der Waals surface area contributed by atoms with Crippen LogP contribution in [-0.4, -0.2) is 36.0 Å². The van der Waals surface area contributed by atoms with Gasteiger partial charge in [-0.05, 0) is 30.4 Å². The molecule has 23 heavy (non-hydrogen) atoms. The second kappa shape index (κ2) is 9.04. The maximum Gasteiger partial charge on any atom is 0.269 e. The topological polar surface area (TPSA) is 58.4 Å². The van der Waals surface area contributed by atoms with Crippen LogP contribution in [-0.2, 0) is 0 Å². The minimum Gasteiger partial charge on any atom is -0.314 e. The lowest BCUT2D eigenvalue weighted by Crippen LogP contribution is -2.47. The van der Waals surface area contributed by atoms with Crippen molar-refractivity contribution in [3.8, 4) is 0 Å². The number of benzene rings is 1. The molecule has 2 fully saturated rings. The van der Waals surface area contributed by atoms with Crippen LogP contribution in [0.2, 0.25) is 5.02 Å². The molecule has 0 amide bonds. The van der Waals surface area contributed by atoms with Gasteiger partial charge in [0, 0.05) is 49.4 Å². The van der Waals surface area contributed by atoms with Gasteiger partial charge in [0.2, 0.25) is 0 Å². The summed E-state index contributed by atoms with van der Waals surface area (Å²) >= 11 is 6.38. The van der Waals surface area contributed by atoms with Crippen molar-refractivity contribution in [2.45, 2.75) is 25.3 Å². The molecule has 1 N–H and O–H groups in total. The molecule has 1 aliphatic heterocycles. The van der Waals surface area contributed by atoms with E-state index < -0.39 is 0 Å². The van der Waals surface area contributed by atoms with Gasteiger partial charge in [0.1, 0.15) is 0 Å². The van der Waals surface area contributed by atoms with E-state index in [2.05, 4.69) is 10.2 Å². The average molecular weight is 383 g/mol. The molecule has 1 saturated heterocycles. The summed E-state index contributed by atoms with van der Waals surface area (Å²) < 4.78 is 0. The number of hydrogen-bond donors (Lipinski definition) is 1. The van der Waals surface area contributed by atoms with Crippen LogP contribution in [0.5, 0.6) is 0 Å². The van der Waals surface area contributed by atoms with Gasteiger partial charge < -0.3 is 5.32 Å². The predicted octanol–water partition coefficient (Wildman–Crippen LogP) is 3.84. The van der Waals surface area contributed by atoms with E-state index in [1.165, 1.54) is 25.3 Å². The lowest BCUT2D eigenvalue weighted by atomic mass is 9.76. The summed E-state index contributed by atoms with van der Waals surface area (Å²) in [6.07, 6.45) is 3.63. The molecule has 0 spiro atoms. The van der Waals surface area contributed by atoms with Gasteiger partial charge in [-0.1, -0.05) is 18.0 Å². The molecule has 2 aliphatic rings. The first-order chi connectivity index (χ1) is 10.2. The molecule has 5 nitrogen and oxygen atoms in total. The number of piperazine rings is 1. The third kappa shape index (κ3) is 4.48. The maximum absolute atomic E-state index is 11.1. The first kappa shape index (κ1) is 20.5. The molecule has 3 rings (SSSR count). The van der Waals surface area contributed by atoms with Gasteiger partial charge in [-0.3, -0.25) is 15.0 Å². The van der Waals surface area contributed by atoms with Gasteiger partial charge in [0.05, 0.1) is 4.92 Å². The molecule has 130 valence electrons. The molecule has 0 radical (unpaired) electrons.